The van der Waals surface area contributed by atoms with E-state index in [9.17, 15) is 9.59 Å². The molecule has 0 aliphatic carbocycles. The highest BCUT2D eigenvalue weighted by molar-refractivity contribution is 7.14. The second-order valence-corrected chi connectivity index (χ2v) is 7.26. The standard InChI is InChI=1S/C15H20N4O3S2/c1-9(2)4-5-16-14-19-12(8-24-14)13(21)22-6-11-7-23-15(18-11)17-10(3)20/h7-9H,4-6H2,1-3H3,(H,16,19)(H,17,18,20). The van der Waals surface area contributed by atoms with Gasteiger partial charge in [0.1, 0.15) is 6.61 Å². The summed E-state index contributed by atoms with van der Waals surface area (Å²) in [6.45, 7) is 6.59. The molecule has 0 unspecified atom stereocenters. The van der Waals surface area contributed by atoms with E-state index in [0.717, 1.165) is 13.0 Å². The number of carbonyl (C=O) groups is 2. The molecule has 0 aliphatic rings. The first-order valence-corrected chi connectivity index (χ1v) is 9.28. The van der Waals surface area contributed by atoms with Gasteiger partial charge in [-0.1, -0.05) is 13.8 Å². The van der Waals surface area contributed by atoms with Gasteiger partial charge in [0, 0.05) is 24.2 Å². The molecule has 0 aliphatic heterocycles. The lowest BCUT2D eigenvalue weighted by atomic mass is 10.1. The minimum absolute atomic E-state index is 0.0442. The number of hydrogen-bond acceptors (Lipinski definition) is 8. The normalized spacial score (nSPS) is 10.7. The van der Waals surface area contributed by atoms with Crippen LogP contribution in [0.2, 0.25) is 0 Å². The van der Waals surface area contributed by atoms with Crippen LogP contribution in [0.3, 0.4) is 0 Å². The van der Waals surface area contributed by atoms with E-state index in [0.29, 0.717) is 21.9 Å². The van der Waals surface area contributed by atoms with Gasteiger partial charge < -0.3 is 15.4 Å². The first-order chi connectivity index (χ1) is 11.4. The van der Waals surface area contributed by atoms with E-state index in [2.05, 4.69) is 34.4 Å². The molecule has 2 heterocycles. The van der Waals surface area contributed by atoms with Crippen LogP contribution in [0.1, 0.15) is 43.4 Å². The summed E-state index contributed by atoms with van der Waals surface area (Å²) in [7, 11) is 0. The van der Waals surface area contributed by atoms with Crippen molar-refractivity contribution in [3.8, 4) is 0 Å². The van der Waals surface area contributed by atoms with E-state index in [1.165, 1.54) is 29.6 Å². The Bertz CT molecular complexity index is 696. The topological polar surface area (TPSA) is 93.2 Å². The lowest BCUT2D eigenvalue weighted by Gasteiger charge is -2.04. The molecule has 1 amide bonds. The van der Waals surface area contributed by atoms with Crippen molar-refractivity contribution in [1.82, 2.24) is 9.97 Å². The summed E-state index contributed by atoms with van der Waals surface area (Å²) >= 11 is 2.66. The van der Waals surface area contributed by atoms with E-state index in [-0.39, 0.29) is 18.2 Å². The maximum absolute atomic E-state index is 12.0. The number of amides is 1. The third-order valence-electron chi connectivity index (χ3n) is 2.90. The molecular formula is C15H20N4O3S2. The fraction of sp³-hybridized carbons (Fsp3) is 0.467. The number of esters is 1. The lowest BCUT2D eigenvalue weighted by Crippen LogP contribution is -2.08. The summed E-state index contributed by atoms with van der Waals surface area (Å²) in [4.78, 5) is 31.3. The van der Waals surface area contributed by atoms with Crippen LogP contribution in [0, 0.1) is 5.92 Å². The molecule has 0 spiro atoms. The number of hydrogen-bond donors (Lipinski definition) is 2. The smallest absolute Gasteiger partial charge is 0.358 e. The number of thiazole rings is 2. The van der Waals surface area contributed by atoms with Crippen molar-refractivity contribution >= 4 is 44.8 Å². The molecular weight excluding hydrogens is 348 g/mol. The summed E-state index contributed by atoms with van der Waals surface area (Å²) in [5.74, 6) is -0.0625. The number of nitrogens with zero attached hydrogens (tertiary/aromatic N) is 2. The molecule has 130 valence electrons. The van der Waals surface area contributed by atoms with Crippen LogP contribution >= 0.6 is 22.7 Å². The zero-order chi connectivity index (χ0) is 17.5. The maximum Gasteiger partial charge on any atom is 0.358 e. The van der Waals surface area contributed by atoms with Crippen molar-refractivity contribution in [3.05, 3.63) is 22.1 Å². The van der Waals surface area contributed by atoms with Crippen molar-refractivity contribution in [2.24, 2.45) is 5.92 Å². The molecule has 2 rings (SSSR count). The number of ether oxygens (including phenoxy) is 1. The minimum atomic E-state index is -0.489. The van der Waals surface area contributed by atoms with Crippen LogP contribution in [0.25, 0.3) is 0 Å². The Morgan fingerprint density at radius 2 is 1.96 bits per heavy atom. The number of carbonyl (C=O) groups excluding carboxylic acids is 2. The average Bonchev–Trinajstić information content (AvgIpc) is 3.13. The highest BCUT2D eigenvalue weighted by atomic mass is 32.1. The summed E-state index contributed by atoms with van der Waals surface area (Å²) in [6, 6.07) is 0. The average molecular weight is 368 g/mol. The minimum Gasteiger partial charge on any atom is -0.454 e. The maximum atomic E-state index is 12.0. The van der Waals surface area contributed by atoms with Gasteiger partial charge in [-0.15, -0.1) is 22.7 Å². The van der Waals surface area contributed by atoms with Gasteiger partial charge in [-0.25, -0.2) is 14.8 Å². The molecule has 24 heavy (non-hydrogen) atoms. The van der Waals surface area contributed by atoms with Crippen LogP contribution in [0.4, 0.5) is 10.3 Å². The van der Waals surface area contributed by atoms with E-state index in [4.69, 9.17) is 4.74 Å². The summed E-state index contributed by atoms with van der Waals surface area (Å²) in [6.07, 6.45) is 1.04. The van der Waals surface area contributed by atoms with Crippen LogP contribution in [0.5, 0.6) is 0 Å². The Morgan fingerprint density at radius 1 is 1.21 bits per heavy atom. The molecule has 0 atom stereocenters. The van der Waals surface area contributed by atoms with Gasteiger partial charge in [-0.2, -0.15) is 0 Å². The highest BCUT2D eigenvalue weighted by Crippen LogP contribution is 2.19. The Hall–Kier alpha value is -2.00. The second kappa shape index (κ2) is 8.74. The van der Waals surface area contributed by atoms with Gasteiger partial charge in [0.2, 0.25) is 5.91 Å². The third-order valence-corrected chi connectivity index (χ3v) is 4.50. The van der Waals surface area contributed by atoms with E-state index < -0.39 is 5.97 Å². The molecule has 0 saturated carbocycles. The van der Waals surface area contributed by atoms with Crippen molar-refractivity contribution in [3.63, 3.8) is 0 Å². The Labute approximate surface area is 148 Å². The van der Waals surface area contributed by atoms with Crippen molar-refractivity contribution in [2.45, 2.75) is 33.8 Å². The first-order valence-electron chi connectivity index (χ1n) is 7.52. The molecule has 0 bridgehead atoms. The van der Waals surface area contributed by atoms with Gasteiger partial charge in [0.25, 0.3) is 0 Å². The summed E-state index contributed by atoms with van der Waals surface area (Å²) in [5, 5.41) is 10.4. The SMILES string of the molecule is CC(=O)Nc1nc(COC(=O)c2csc(NCCC(C)C)n2)cs1. The highest BCUT2D eigenvalue weighted by Gasteiger charge is 2.13. The van der Waals surface area contributed by atoms with Crippen LogP contribution < -0.4 is 10.6 Å². The van der Waals surface area contributed by atoms with E-state index >= 15 is 0 Å². The Morgan fingerprint density at radius 3 is 2.67 bits per heavy atom. The fourth-order valence-corrected chi connectivity index (χ4v) is 3.16. The van der Waals surface area contributed by atoms with Crippen LogP contribution in [-0.2, 0) is 16.1 Å². The van der Waals surface area contributed by atoms with Crippen LogP contribution in [-0.4, -0.2) is 28.4 Å². The molecule has 0 radical (unpaired) electrons. The zero-order valence-corrected chi connectivity index (χ0v) is 15.4. The molecule has 2 aromatic rings. The Kier molecular flexibility index (Phi) is 6.68. The first kappa shape index (κ1) is 18.3. The molecule has 0 fully saturated rings. The molecule has 2 aromatic heterocycles. The van der Waals surface area contributed by atoms with Gasteiger partial charge in [-0.05, 0) is 12.3 Å². The molecule has 9 heteroatoms. The van der Waals surface area contributed by atoms with E-state index in [1.807, 2.05) is 0 Å². The number of anilines is 2. The number of aromatic nitrogens is 2. The lowest BCUT2D eigenvalue weighted by molar-refractivity contribution is -0.114. The molecule has 2 N–H and O–H groups in total. The van der Waals surface area contributed by atoms with E-state index in [1.54, 1.807) is 10.8 Å². The zero-order valence-electron chi connectivity index (χ0n) is 13.8. The second-order valence-electron chi connectivity index (χ2n) is 5.55. The largest absolute Gasteiger partial charge is 0.454 e. The summed E-state index contributed by atoms with van der Waals surface area (Å²) in [5.41, 5.74) is 0.868. The van der Waals surface area contributed by atoms with Gasteiger partial charge >= 0.3 is 5.97 Å². The quantitative estimate of drug-likeness (QED) is 0.694. The molecule has 0 aromatic carbocycles. The number of nitrogens with one attached hydrogen (secondary N) is 2. The van der Waals surface area contributed by atoms with Crippen molar-refractivity contribution in [1.29, 1.82) is 0 Å². The number of rotatable bonds is 8. The predicted octanol–water partition coefficient (Wildman–Crippen LogP) is 3.37. The van der Waals surface area contributed by atoms with Gasteiger partial charge in [-0.3, -0.25) is 4.79 Å². The Balaban J connectivity index is 1.81. The fourth-order valence-electron chi connectivity index (χ4n) is 1.71. The summed E-state index contributed by atoms with van der Waals surface area (Å²) < 4.78 is 5.20. The van der Waals surface area contributed by atoms with Crippen LogP contribution in [0.15, 0.2) is 10.8 Å². The third kappa shape index (κ3) is 5.89. The van der Waals surface area contributed by atoms with Gasteiger partial charge in [0.05, 0.1) is 5.69 Å². The van der Waals surface area contributed by atoms with Crippen molar-refractivity contribution < 1.29 is 14.3 Å². The predicted molar refractivity (Wildman–Crippen MR) is 95.6 cm³/mol. The molecule has 0 saturated heterocycles. The monoisotopic (exact) mass is 368 g/mol. The molecule has 7 nitrogen and oxygen atoms in total. The van der Waals surface area contributed by atoms with Crippen molar-refractivity contribution in [2.75, 3.05) is 17.2 Å². The van der Waals surface area contributed by atoms with Gasteiger partial charge in [0.15, 0.2) is 16.0 Å².